The molecular formula is C10H10NO3. The quantitative estimate of drug-likeness (QED) is 0.408. The van der Waals surface area contributed by atoms with Gasteiger partial charge in [-0.15, -0.1) is 0 Å². The van der Waals surface area contributed by atoms with Gasteiger partial charge in [0.05, 0.1) is 7.11 Å². The molecule has 1 aromatic rings. The van der Waals surface area contributed by atoms with Gasteiger partial charge in [-0.2, -0.15) is 0 Å². The van der Waals surface area contributed by atoms with Gasteiger partial charge in [0.15, 0.2) is 5.71 Å². The number of carbonyl (C=O) groups excluding carboxylic acids is 1. The number of methoxy groups -OCH3 is 1. The van der Waals surface area contributed by atoms with Gasteiger partial charge in [0.2, 0.25) is 0 Å². The topological polar surface area (TPSA) is 47.9 Å². The minimum atomic E-state index is -0.536. The predicted molar refractivity (Wildman–Crippen MR) is 50.8 cm³/mol. The zero-order valence-corrected chi connectivity index (χ0v) is 7.98. The lowest BCUT2D eigenvalue weighted by Gasteiger charge is -2.02. The minimum Gasteiger partial charge on any atom is -0.464 e. The molecule has 1 aromatic carbocycles. The van der Waals surface area contributed by atoms with Crippen molar-refractivity contribution in [2.24, 2.45) is 5.16 Å². The summed E-state index contributed by atoms with van der Waals surface area (Å²) in [5.41, 5.74) is 0.744. The average Bonchev–Trinajstić information content (AvgIpc) is 2.26. The van der Waals surface area contributed by atoms with E-state index in [1.807, 2.05) is 0 Å². The van der Waals surface area contributed by atoms with Gasteiger partial charge in [-0.1, -0.05) is 23.4 Å². The Balaban J connectivity index is 3.02. The maximum Gasteiger partial charge on any atom is 0.360 e. The normalized spacial score (nSPS) is 10.9. The fraction of sp³-hybridized carbons (Fsp3) is 0.200. The van der Waals surface area contributed by atoms with E-state index in [-0.39, 0.29) is 5.71 Å². The highest BCUT2D eigenvalue weighted by atomic mass is 16.6. The maximum atomic E-state index is 11.3. The van der Waals surface area contributed by atoms with Crippen LogP contribution in [0.1, 0.15) is 5.56 Å². The molecule has 0 saturated heterocycles. The number of hydrogen-bond acceptors (Lipinski definition) is 4. The average molecular weight is 192 g/mol. The zero-order chi connectivity index (χ0) is 10.4. The number of hydrogen-bond donors (Lipinski definition) is 0. The Kier molecular flexibility index (Phi) is 3.67. The monoisotopic (exact) mass is 192 g/mol. The molecule has 1 radical (unpaired) electrons. The van der Waals surface area contributed by atoms with Crippen molar-refractivity contribution in [3.05, 3.63) is 35.9 Å². The van der Waals surface area contributed by atoms with Crippen molar-refractivity contribution in [3.63, 3.8) is 0 Å². The lowest BCUT2D eigenvalue weighted by atomic mass is 10.1. The smallest absolute Gasteiger partial charge is 0.360 e. The number of ether oxygens (including phenoxy) is 1. The molecule has 0 aromatic heterocycles. The van der Waals surface area contributed by atoms with Gasteiger partial charge in [0.25, 0.3) is 0 Å². The van der Waals surface area contributed by atoms with Crippen molar-refractivity contribution in [2.45, 2.75) is 0 Å². The molecule has 0 saturated carbocycles. The third-order valence-corrected chi connectivity index (χ3v) is 1.54. The lowest BCUT2D eigenvalue weighted by molar-refractivity contribution is -0.132. The van der Waals surface area contributed by atoms with Crippen LogP contribution >= 0.6 is 0 Å². The van der Waals surface area contributed by atoms with Gasteiger partial charge in [-0.3, -0.25) is 0 Å². The van der Waals surface area contributed by atoms with Gasteiger partial charge in [-0.25, -0.2) is 4.79 Å². The molecule has 0 heterocycles. The number of nitrogens with zero attached hydrogens (tertiary/aromatic N) is 1. The maximum absolute atomic E-state index is 11.3. The third kappa shape index (κ3) is 2.32. The molecule has 0 unspecified atom stereocenters. The van der Waals surface area contributed by atoms with Crippen molar-refractivity contribution >= 4 is 11.7 Å². The molecule has 14 heavy (non-hydrogen) atoms. The molecule has 0 aliphatic rings. The third-order valence-electron chi connectivity index (χ3n) is 1.54. The summed E-state index contributed by atoms with van der Waals surface area (Å²) in [5.74, 6) is -0.536. The summed E-state index contributed by atoms with van der Waals surface area (Å²) in [6.45, 7) is 0. The second-order valence-electron chi connectivity index (χ2n) is 2.41. The minimum absolute atomic E-state index is 0.131. The van der Waals surface area contributed by atoms with E-state index < -0.39 is 5.97 Å². The summed E-state index contributed by atoms with van der Waals surface area (Å²) in [5, 5.41) is 3.59. The highest BCUT2D eigenvalue weighted by Crippen LogP contribution is 2.02. The first-order valence-electron chi connectivity index (χ1n) is 3.95. The second-order valence-corrected chi connectivity index (χ2v) is 2.41. The standard InChI is InChI=1S/C10H10NO3/c1-13-10(12)9(11-14-2)8-6-4-3-5-7-8/h3-4,6-7H,1-2H3/b11-9+. The van der Waals surface area contributed by atoms with E-state index in [1.165, 1.54) is 14.2 Å². The van der Waals surface area contributed by atoms with E-state index in [0.29, 0.717) is 5.56 Å². The summed E-state index contributed by atoms with van der Waals surface area (Å²) in [6, 6.07) is 9.68. The van der Waals surface area contributed by atoms with Crippen molar-refractivity contribution in [2.75, 3.05) is 14.2 Å². The molecule has 0 bridgehead atoms. The molecule has 4 heteroatoms. The first-order valence-corrected chi connectivity index (χ1v) is 3.95. The first-order chi connectivity index (χ1) is 6.79. The van der Waals surface area contributed by atoms with E-state index in [1.54, 1.807) is 24.3 Å². The Labute approximate surface area is 82.1 Å². The Morgan fingerprint density at radius 1 is 1.50 bits per heavy atom. The molecule has 0 amide bonds. The van der Waals surface area contributed by atoms with E-state index in [9.17, 15) is 4.79 Å². The molecule has 0 fully saturated rings. The SMILES string of the molecule is CO/N=C(/C(=O)OC)c1c[c]ccc1. The van der Waals surface area contributed by atoms with Crippen LogP contribution in [0.4, 0.5) is 0 Å². The van der Waals surface area contributed by atoms with Gasteiger partial charge in [0.1, 0.15) is 7.11 Å². The molecule has 0 aliphatic carbocycles. The highest BCUT2D eigenvalue weighted by Gasteiger charge is 2.14. The van der Waals surface area contributed by atoms with Crippen molar-refractivity contribution < 1.29 is 14.4 Å². The summed E-state index contributed by atoms with van der Waals surface area (Å²) in [7, 11) is 2.66. The van der Waals surface area contributed by atoms with Gasteiger partial charge >= 0.3 is 5.97 Å². The molecule has 0 N–H and O–H groups in total. The van der Waals surface area contributed by atoms with Crippen LogP contribution in [-0.2, 0) is 14.4 Å². The number of rotatable bonds is 3. The summed E-state index contributed by atoms with van der Waals surface area (Å²) in [4.78, 5) is 15.8. The second kappa shape index (κ2) is 5.01. The summed E-state index contributed by atoms with van der Waals surface area (Å²) in [6.07, 6.45) is 0. The lowest BCUT2D eigenvalue weighted by Crippen LogP contribution is -2.17. The van der Waals surface area contributed by atoms with Crippen LogP contribution in [0.2, 0.25) is 0 Å². The number of benzene rings is 1. The van der Waals surface area contributed by atoms with E-state index in [4.69, 9.17) is 0 Å². The van der Waals surface area contributed by atoms with E-state index in [0.717, 1.165) is 0 Å². The molecule has 0 atom stereocenters. The van der Waals surface area contributed by atoms with Crippen molar-refractivity contribution in [3.8, 4) is 0 Å². The van der Waals surface area contributed by atoms with Crippen molar-refractivity contribution in [1.29, 1.82) is 0 Å². The number of esters is 1. The van der Waals surface area contributed by atoms with E-state index in [2.05, 4.69) is 20.8 Å². The zero-order valence-electron chi connectivity index (χ0n) is 7.98. The number of carbonyl (C=O) groups is 1. The van der Waals surface area contributed by atoms with Crippen LogP contribution in [0.5, 0.6) is 0 Å². The summed E-state index contributed by atoms with van der Waals surface area (Å²) < 4.78 is 4.56. The molecular weight excluding hydrogens is 182 g/mol. The Morgan fingerprint density at radius 3 is 2.79 bits per heavy atom. The predicted octanol–water partition coefficient (Wildman–Crippen LogP) is 1.01. The first kappa shape index (κ1) is 10.2. The van der Waals surface area contributed by atoms with Crippen LogP contribution in [0.15, 0.2) is 29.4 Å². The van der Waals surface area contributed by atoms with Gasteiger partial charge in [-0.05, 0) is 12.1 Å². The molecule has 73 valence electrons. The van der Waals surface area contributed by atoms with Crippen LogP contribution < -0.4 is 0 Å². The molecule has 0 aliphatic heterocycles. The molecule has 4 nitrogen and oxygen atoms in total. The number of oxime groups is 1. The largest absolute Gasteiger partial charge is 0.464 e. The van der Waals surface area contributed by atoms with Crippen LogP contribution in [0.3, 0.4) is 0 Å². The molecule has 1 rings (SSSR count). The Morgan fingerprint density at radius 2 is 2.29 bits per heavy atom. The Hall–Kier alpha value is -1.84. The fourth-order valence-corrected chi connectivity index (χ4v) is 0.936. The van der Waals surface area contributed by atoms with Crippen LogP contribution in [0.25, 0.3) is 0 Å². The van der Waals surface area contributed by atoms with Crippen LogP contribution in [-0.4, -0.2) is 25.9 Å². The Bertz CT molecular complexity index is 332. The van der Waals surface area contributed by atoms with E-state index >= 15 is 0 Å². The fourth-order valence-electron chi connectivity index (χ4n) is 0.936. The van der Waals surface area contributed by atoms with Crippen molar-refractivity contribution in [1.82, 2.24) is 0 Å². The van der Waals surface area contributed by atoms with Gasteiger partial charge in [0, 0.05) is 5.56 Å². The molecule has 0 spiro atoms. The van der Waals surface area contributed by atoms with Gasteiger partial charge < -0.3 is 9.57 Å². The summed E-state index contributed by atoms with van der Waals surface area (Å²) >= 11 is 0. The van der Waals surface area contributed by atoms with Crippen LogP contribution in [0, 0.1) is 6.07 Å². The highest BCUT2D eigenvalue weighted by molar-refractivity contribution is 6.43.